The topological polar surface area (TPSA) is 20.3 Å². The largest absolute Gasteiger partial charge is 0.299 e. The molecule has 110 valence electrons. The SMILES string of the molecule is CCCC1CCC(=O)C(CN2C(C)CCC2CC)C1. The highest BCUT2D eigenvalue weighted by molar-refractivity contribution is 5.82. The summed E-state index contributed by atoms with van der Waals surface area (Å²) in [6.45, 7) is 7.94. The van der Waals surface area contributed by atoms with Gasteiger partial charge in [-0.15, -0.1) is 0 Å². The number of hydrogen-bond donors (Lipinski definition) is 0. The molecule has 0 spiro atoms. The quantitative estimate of drug-likeness (QED) is 0.748. The Labute approximate surface area is 118 Å². The van der Waals surface area contributed by atoms with Gasteiger partial charge in [0.2, 0.25) is 0 Å². The van der Waals surface area contributed by atoms with Crippen molar-refractivity contribution in [2.75, 3.05) is 6.54 Å². The molecule has 0 aromatic carbocycles. The van der Waals surface area contributed by atoms with Crippen LogP contribution < -0.4 is 0 Å². The van der Waals surface area contributed by atoms with Crippen LogP contribution in [0.3, 0.4) is 0 Å². The van der Waals surface area contributed by atoms with Gasteiger partial charge in [-0.2, -0.15) is 0 Å². The first-order valence-corrected chi connectivity index (χ1v) is 8.44. The second kappa shape index (κ2) is 6.88. The van der Waals surface area contributed by atoms with Crippen molar-refractivity contribution in [2.24, 2.45) is 11.8 Å². The van der Waals surface area contributed by atoms with Gasteiger partial charge in [0, 0.05) is 31.0 Å². The molecule has 2 aliphatic rings. The number of carbonyl (C=O) groups is 1. The van der Waals surface area contributed by atoms with E-state index in [2.05, 4.69) is 25.7 Å². The molecule has 1 aliphatic carbocycles. The molecule has 2 heteroatoms. The summed E-state index contributed by atoms with van der Waals surface area (Å²) in [6, 6.07) is 1.42. The normalized spacial score (nSPS) is 36.9. The van der Waals surface area contributed by atoms with Crippen molar-refractivity contribution < 1.29 is 4.79 Å². The van der Waals surface area contributed by atoms with Crippen LogP contribution in [0.5, 0.6) is 0 Å². The van der Waals surface area contributed by atoms with Crippen molar-refractivity contribution in [1.82, 2.24) is 4.90 Å². The van der Waals surface area contributed by atoms with E-state index in [1.165, 1.54) is 32.1 Å². The lowest BCUT2D eigenvalue weighted by molar-refractivity contribution is -0.126. The molecule has 1 saturated carbocycles. The molecule has 0 amide bonds. The number of ketones is 1. The zero-order valence-electron chi connectivity index (χ0n) is 13.0. The van der Waals surface area contributed by atoms with Gasteiger partial charge < -0.3 is 0 Å². The Hall–Kier alpha value is -0.370. The lowest BCUT2D eigenvalue weighted by atomic mass is 9.78. The Morgan fingerprint density at radius 2 is 2.00 bits per heavy atom. The van der Waals surface area contributed by atoms with E-state index in [1.807, 2.05) is 0 Å². The first-order chi connectivity index (χ1) is 9.15. The summed E-state index contributed by atoms with van der Waals surface area (Å²) >= 11 is 0. The Kier molecular flexibility index (Phi) is 5.44. The van der Waals surface area contributed by atoms with Crippen molar-refractivity contribution >= 4 is 5.78 Å². The molecule has 0 bridgehead atoms. The first kappa shape index (κ1) is 15.0. The molecule has 1 saturated heterocycles. The maximum atomic E-state index is 12.2. The minimum Gasteiger partial charge on any atom is -0.299 e. The summed E-state index contributed by atoms with van der Waals surface area (Å²) in [7, 11) is 0. The van der Waals surface area contributed by atoms with Crippen LogP contribution in [0.25, 0.3) is 0 Å². The third-order valence-electron chi connectivity index (χ3n) is 5.42. The van der Waals surface area contributed by atoms with Gasteiger partial charge in [0.05, 0.1) is 0 Å². The summed E-state index contributed by atoms with van der Waals surface area (Å²) in [6.07, 6.45) is 9.62. The highest BCUT2D eigenvalue weighted by atomic mass is 16.1. The zero-order chi connectivity index (χ0) is 13.8. The lowest BCUT2D eigenvalue weighted by Gasteiger charge is -2.35. The lowest BCUT2D eigenvalue weighted by Crippen LogP contribution is -2.42. The van der Waals surface area contributed by atoms with Crippen LogP contribution in [0.1, 0.15) is 72.1 Å². The third-order valence-corrected chi connectivity index (χ3v) is 5.42. The zero-order valence-corrected chi connectivity index (χ0v) is 13.0. The van der Waals surface area contributed by atoms with Gasteiger partial charge in [0.25, 0.3) is 0 Å². The highest BCUT2D eigenvalue weighted by Crippen LogP contribution is 2.33. The summed E-state index contributed by atoms with van der Waals surface area (Å²) in [5.74, 6) is 1.69. The van der Waals surface area contributed by atoms with E-state index >= 15 is 0 Å². The maximum Gasteiger partial charge on any atom is 0.137 e. The average Bonchev–Trinajstić information content (AvgIpc) is 2.75. The second-order valence-electron chi connectivity index (χ2n) is 6.78. The molecule has 2 nitrogen and oxygen atoms in total. The molecule has 1 heterocycles. The van der Waals surface area contributed by atoms with Crippen molar-refractivity contribution in [3.05, 3.63) is 0 Å². The molecule has 0 aromatic rings. The summed E-state index contributed by atoms with van der Waals surface area (Å²) in [5, 5.41) is 0. The van der Waals surface area contributed by atoms with Crippen LogP contribution in [-0.2, 0) is 4.79 Å². The smallest absolute Gasteiger partial charge is 0.137 e. The fraction of sp³-hybridized carbons (Fsp3) is 0.941. The van der Waals surface area contributed by atoms with E-state index in [9.17, 15) is 4.79 Å². The molecule has 2 rings (SSSR count). The first-order valence-electron chi connectivity index (χ1n) is 8.44. The van der Waals surface area contributed by atoms with Crippen molar-refractivity contribution in [2.45, 2.75) is 84.2 Å². The monoisotopic (exact) mass is 265 g/mol. The van der Waals surface area contributed by atoms with Crippen LogP contribution in [-0.4, -0.2) is 29.3 Å². The number of rotatable bonds is 5. The number of nitrogens with zero attached hydrogens (tertiary/aromatic N) is 1. The predicted octanol–water partition coefficient (Wildman–Crippen LogP) is 4.03. The molecule has 0 radical (unpaired) electrons. The fourth-order valence-corrected chi connectivity index (χ4v) is 4.20. The van der Waals surface area contributed by atoms with Crippen molar-refractivity contribution in [3.63, 3.8) is 0 Å². The third kappa shape index (κ3) is 3.59. The Bertz CT molecular complexity index is 302. The van der Waals surface area contributed by atoms with Crippen LogP contribution in [0.2, 0.25) is 0 Å². The number of Topliss-reactive ketones (excluding diaryl/α,β-unsaturated/α-hetero) is 1. The Morgan fingerprint density at radius 3 is 2.68 bits per heavy atom. The number of hydrogen-bond acceptors (Lipinski definition) is 2. The summed E-state index contributed by atoms with van der Waals surface area (Å²) in [4.78, 5) is 14.8. The van der Waals surface area contributed by atoms with Gasteiger partial charge in [-0.1, -0.05) is 26.7 Å². The standard InChI is InChI=1S/C17H31NO/c1-4-6-14-8-10-17(19)15(11-14)12-18-13(3)7-9-16(18)5-2/h13-16H,4-12H2,1-3H3. The number of carbonyl (C=O) groups excluding carboxylic acids is 1. The van der Waals surface area contributed by atoms with E-state index in [0.717, 1.165) is 37.8 Å². The molecule has 19 heavy (non-hydrogen) atoms. The van der Waals surface area contributed by atoms with Crippen LogP contribution >= 0.6 is 0 Å². The van der Waals surface area contributed by atoms with Crippen LogP contribution in [0.15, 0.2) is 0 Å². The van der Waals surface area contributed by atoms with Crippen molar-refractivity contribution in [1.29, 1.82) is 0 Å². The highest BCUT2D eigenvalue weighted by Gasteiger charge is 2.35. The van der Waals surface area contributed by atoms with Gasteiger partial charge in [-0.3, -0.25) is 9.69 Å². The van der Waals surface area contributed by atoms with Gasteiger partial charge in [0.1, 0.15) is 5.78 Å². The van der Waals surface area contributed by atoms with E-state index in [-0.39, 0.29) is 0 Å². The van der Waals surface area contributed by atoms with E-state index in [4.69, 9.17) is 0 Å². The fourth-order valence-electron chi connectivity index (χ4n) is 4.20. The molecule has 4 unspecified atom stereocenters. The van der Waals surface area contributed by atoms with E-state index < -0.39 is 0 Å². The van der Waals surface area contributed by atoms with Gasteiger partial charge in [0.15, 0.2) is 0 Å². The van der Waals surface area contributed by atoms with Crippen LogP contribution in [0.4, 0.5) is 0 Å². The summed E-state index contributed by atoms with van der Waals surface area (Å²) < 4.78 is 0. The minimum atomic E-state index is 0.333. The van der Waals surface area contributed by atoms with E-state index in [0.29, 0.717) is 17.7 Å². The maximum absolute atomic E-state index is 12.2. The molecule has 2 fully saturated rings. The molecule has 0 N–H and O–H groups in total. The molecule has 0 aromatic heterocycles. The molecule has 1 aliphatic heterocycles. The van der Waals surface area contributed by atoms with Crippen molar-refractivity contribution in [3.8, 4) is 0 Å². The van der Waals surface area contributed by atoms with Crippen LogP contribution in [0, 0.1) is 11.8 Å². The second-order valence-corrected chi connectivity index (χ2v) is 6.78. The van der Waals surface area contributed by atoms with Gasteiger partial charge in [-0.05, 0) is 44.9 Å². The Balaban J connectivity index is 1.94. The number of likely N-dealkylation sites (tertiary alicyclic amines) is 1. The minimum absolute atomic E-state index is 0.333. The van der Waals surface area contributed by atoms with E-state index in [1.54, 1.807) is 0 Å². The van der Waals surface area contributed by atoms with Gasteiger partial charge in [-0.25, -0.2) is 0 Å². The molecular weight excluding hydrogens is 234 g/mol. The molecule has 4 atom stereocenters. The average molecular weight is 265 g/mol. The molecular formula is C17H31NO. The van der Waals surface area contributed by atoms with Gasteiger partial charge >= 0.3 is 0 Å². The predicted molar refractivity (Wildman–Crippen MR) is 80.2 cm³/mol. The summed E-state index contributed by atoms with van der Waals surface area (Å²) in [5.41, 5.74) is 0. The Morgan fingerprint density at radius 1 is 1.21 bits per heavy atom.